The highest BCUT2D eigenvalue weighted by atomic mass is 32.2. The van der Waals surface area contributed by atoms with E-state index in [0.29, 0.717) is 24.8 Å². The first kappa shape index (κ1) is 20.1. The van der Waals surface area contributed by atoms with Crippen LogP contribution < -0.4 is 10.1 Å². The summed E-state index contributed by atoms with van der Waals surface area (Å²) >= 11 is 1.90. The zero-order valence-corrected chi connectivity index (χ0v) is 16.3. The molecule has 1 unspecified atom stereocenters. The Morgan fingerprint density at radius 1 is 1.40 bits per heavy atom. The summed E-state index contributed by atoms with van der Waals surface area (Å²) < 4.78 is 11.1. The number of benzene rings is 1. The Bertz CT molecular complexity index is 533. The molecule has 0 bridgehead atoms. The van der Waals surface area contributed by atoms with Crippen LogP contribution in [0.3, 0.4) is 0 Å². The third-order valence-electron chi connectivity index (χ3n) is 4.50. The Hall–Kier alpha value is -1.24. The van der Waals surface area contributed by atoms with Crippen molar-refractivity contribution in [3.8, 4) is 5.75 Å². The predicted octanol–water partition coefficient (Wildman–Crippen LogP) is 2.66. The molecule has 1 aliphatic rings. The number of carbonyl (C=O) groups is 1. The van der Waals surface area contributed by atoms with E-state index in [-0.39, 0.29) is 12.0 Å². The third kappa shape index (κ3) is 6.53. The van der Waals surface area contributed by atoms with Crippen molar-refractivity contribution in [2.24, 2.45) is 0 Å². The molecule has 1 N–H and O–H groups in total. The van der Waals surface area contributed by atoms with Crippen LogP contribution in [0.15, 0.2) is 24.3 Å². The molecule has 1 atom stereocenters. The zero-order valence-electron chi connectivity index (χ0n) is 15.5. The Labute approximate surface area is 155 Å². The molecule has 2 rings (SSSR count). The monoisotopic (exact) mass is 366 g/mol. The summed E-state index contributed by atoms with van der Waals surface area (Å²) in [6, 6.07) is 8.05. The Balaban J connectivity index is 1.83. The van der Waals surface area contributed by atoms with Crippen molar-refractivity contribution < 1.29 is 14.3 Å². The summed E-state index contributed by atoms with van der Waals surface area (Å²) in [7, 11) is 1.62. The number of hydrogen-bond acceptors (Lipinski definition) is 5. The van der Waals surface area contributed by atoms with E-state index < -0.39 is 0 Å². The zero-order chi connectivity index (χ0) is 18.1. The quantitative estimate of drug-likeness (QED) is 0.681. The highest BCUT2D eigenvalue weighted by Crippen LogP contribution is 2.21. The van der Waals surface area contributed by atoms with Gasteiger partial charge in [0.25, 0.3) is 5.91 Å². The summed E-state index contributed by atoms with van der Waals surface area (Å²) in [6.45, 7) is 5.46. The maximum Gasteiger partial charge on any atom is 0.251 e. The summed E-state index contributed by atoms with van der Waals surface area (Å²) in [5.41, 5.74) is 0.625. The molecule has 1 aliphatic heterocycles. The summed E-state index contributed by atoms with van der Waals surface area (Å²) in [5, 5.41) is 2.83. The third-order valence-corrected chi connectivity index (χ3v) is 5.31. The lowest BCUT2D eigenvalue weighted by Gasteiger charge is -2.35. The van der Waals surface area contributed by atoms with Gasteiger partial charge in [-0.15, -0.1) is 0 Å². The maximum absolute atomic E-state index is 12.1. The second-order valence-corrected chi connectivity index (χ2v) is 7.34. The average molecular weight is 367 g/mol. The topological polar surface area (TPSA) is 50.8 Å². The van der Waals surface area contributed by atoms with E-state index in [1.807, 2.05) is 36.0 Å². The minimum absolute atomic E-state index is 0.0943. The van der Waals surface area contributed by atoms with Crippen LogP contribution in [-0.2, 0) is 4.74 Å². The van der Waals surface area contributed by atoms with Crippen LogP contribution in [0.5, 0.6) is 5.75 Å². The molecule has 0 aromatic heterocycles. The van der Waals surface area contributed by atoms with E-state index in [1.54, 1.807) is 7.11 Å². The van der Waals surface area contributed by atoms with Crippen LogP contribution in [0.2, 0.25) is 0 Å². The van der Waals surface area contributed by atoms with E-state index in [0.717, 1.165) is 31.7 Å². The first-order valence-corrected chi connectivity index (χ1v) is 10.3. The molecule has 1 aromatic rings. The molecular weight excluding hydrogens is 336 g/mol. The highest BCUT2D eigenvalue weighted by molar-refractivity contribution is 7.98. The smallest absolute Gasteiger partial charge is 0.251 e. The molecule has 25 heavy (non-hydrogen) atoms. The molecule has 5 nitrogen and oxygen atoms in total. The van der Waals surface area contributed by atoms with Gasteiger partial charge in [0.1, 0.15) is 11.9 Å². The SMILES string of the molecule is COCCNC(=O)c1cccc(OC2CCN(C(C)CSC)CC2)c1. The van der Waals surface area contributed by atoms with Gasteiger partial charge in [-0.2, -0.15) is 11.8 Å². The van der Waals surface area contributed by atoms with Crippen LogP contribution in [0.4, 0.5) is 0 Å². The van der Waals surface area contributed by atoms with E-state index >= 15 is 0 Å². The summed E-state index contributed by atoms with van der Waals surface area (Å²) in [6.07, 6.45) is 4.45. The number of amides is 1. The second-order valence-electron chi connectivity index (χ2n) is 6.43. The number of carbonyl (C=O) groups excluding carboxylic acids is 1. The van der Waals surface area contributed by atoms with Gasteiger partial charge in [0.05, 0.1) is 6.61 Å². The van der Waals surface area contributed by atoms with Gasteiger partial charge in [0.15, 0.2) is 0 Å². The van der Waals surface area contributed by atoms with Crippen molar-refractivity contribution in [2.75, 3.05) is 45.4 Å². The fourth-order valence-electron chi connectivity index (χ4n) is 3.05. The minimum Gasteiger partial charge on any atom is -0.490 e. The Morgan fingerprint density at radius 3 is 2.84 bits per heavy atom. The van der Waals surface area contributed by atoms with Crippen LogP contribution in [0, 0.1) is 0 Å². The normalized spacial score (nSPS) is 17.2. The van der Waals surface area contributed by atoms with E-state index in [2.05, 4.69) is 23.4 Å². The Morgan fingerprint density at radius 2 is 2.16 bits per heavy atom. The Kier molecular flexibility index (Phi) is 8.58. The molecule has 1 aromatic carbocycles. The lowest BCUT2D eigenvalue weighted by Crippen LogP contribution is -2.43. The number of rotatable bonds is 9. The van der Waals surface area contributed by atoms with Crippen LogP contribution >= 0.6 is 11.8 Å². The van der Waals surface area contributed by atoms with Crippen LogP contribution in [0.1, 0.15) is 30.1 Å². The lowest BCUT2D eigenvalue weighted by atomic mass is 10.1. The number of likely N-dealkylation sites (tertiary alicyclic amines) is 1. The number of ether oxygens (including phenoxy) is 2. The van der Waals surface area contributed by atoms with E-state index in [4.69, 9.17) is 9.47 Å². The van der Waals surface area contributed by atoms with Gasteiger partial charge in [-0.1, -0.05) is 6.07 Å². The summed E-state index contributed by atoms with van der Waals surface area (Å²) in [5.74, 6) is 1.85. The molecule has 1 heterocycles. The first-order valence-electron chi connectivity index (χ1n) is 8.91. The van der Waals surface area contributed by atoms with Crippen LogP contribution in [-0.4, -0.2) is 68.3 Å². The largest absolute Gasteiger partial charge is 0.490 e. The average Bonchev–Trinajstić information content (AvgIpc) is 2.63. The number of nitrogens with one attached hydrogen (secondary N) is 1. The molecule has 1 amide bonds. The number of nitrogens with zero attached hydrogens (tertiary/aromatic N) is 1. The number of methoxy groups -OCH3 is 1. The molecule has 140 valence electrons. The molecule has 1 saturated heterocycles. The van der Waals surface area contributed by atoms with Gasteiger partial charge in [-0.25, -0.2) is 0 Å². The number of piperidine rings is 1. The first-order chi connectivity index (χ1) is 12.1. The van der Waals surface area contributed by atoms with Crippen molar-refractivity contribution >= 4 is 17.7 Å². The standard InChI is InChI=1S/C19H30N2O3S/c1-15(14-25-3)21-10-7-17(8-11-21)24-18-6-4-5-16(13-18)19(22)20-9-12-23-2/h4-6,13,15,17H,7-12,14H2,1-3H3,(H,20,22). The second kappa shape index (κ2) is 10.7. The number of thioether (sulfide) groups is 1. The number of hydrogen-bond donors (Lipinski definition) is 1. The maximum atomic E-state index is 12.1. The molecular formula is C19H30N2O3S. The molecule has 1 fully saturated rings. The van der Waals surface area contributed by atoms with Gasteiger partial charge in [0.2, 0.25) is 0 Å². The molecule has 0 radical (unpaired) electrons. The van der Waals surface area contributed by atoms with Crippen molar-refractivity contribution in [1.82, 2.24) is 10.2 Å². The van der Waals surface area contributed by atoms with Gasteiger partial charge >= 0.3 is 0 Å². The molecule has 6 heteroatoms. The molecule has 0 aliphatic carbocycles. The molecule has 0 spiro atoms. The highest BCUT2D eigenvalue weighted by Gasteiger charge is 2.23. The van der Waals surface area contributed by atoms with Crippen molar-refractivity contribution in [3.05, 3.63) is 29.8 Å². The van der Waals surface area contributed by atoms with Gasteiger partial charge in [-0.05, 0) is 44.2 Å². The predicted molar refractivity (Wildman–Crippen MR) is 104 cm³/mol. The lowest BCUT2D eigenvalue weighted by molar-refractivity contribution is 0.0848. The van der Waals surface area contributed by atoms with Crippen molar-refractivity contribution in [3.63, 3.8) is 0 Å². The fourth-order valence-corrected chi connectivity index (χ4v) is 3.75. The van der Waals surface area contributed by atoms with Crippen LogP contribution in [0.25, 0.3) is 0 Å². The fraction of sp³-hybridized carbons (Fsp3) is 0.632. The van der Waals surface area contributed by atoms with Gasteiger partial charge in [-0.3, -0.25) is 9.69 Å². The van der Waals surface area contributed by atoms with Crippen molar-refractivity contribution in [1.29, 1.82) is 0 Å². The van der Waals surface area contributed by atoms with Gasteiger partial charge < -0.3 is 14.8 Å². The van der Waals surface area contributed by atoms with E-state index in [9.17, 15) is 4.79 Å². The van der Waals surface area contributed by atoms with Crippen molar-refractivity contribution in [2.45, 2.75) is 31.9 Å². The molecule has 0 saturated carbocycles. The van der Waals surface area contributed by atoms with E-state index in [1.165, 1.54) is 5.75 Å². The minimum atomic E-state index is -0.0943. The summed E-state index contributed by atoms with van der Waals surface area (Å²) in [4.78, 5) is 14.7. The van der Waals surface area contributed by atoms with Gasteiger partial charge in [0, 0.05) is 44.1 Å².